The van der Waals surface area contributed by atoms with Crippen molar-refractivity contribution in [3.8, 4) is 0 Å². The van der Waals surface area contributed by atoms with Crippen molar-refractivity contribution in [3.05, 3.63) is 29.8 Å². The Hall–Kier alpha value is -0.893. The Morgan fingerprint density at radius 2 is 2.00 bits per heavy atom. The molecule has 0 radical (unpaired) electrons. The summed E-state index contributed by atoms with van der Waals surface area (Å²) < 4.78 is 0. The van der Waals surface area contributed by atoms with Crippen LogP contribution >= 0.6 is 0 Å². The molecule has 1 aromatic rings. The largest absolute Gasteiger partial charge is 0.298 e. The highest BCUT2D eigenvalue weighted by Gasteiger charge is 1.89. The fourth-order valence-electron chi connectivity index (χ4n) is 0.719. The molecule has 0 fully saturated rings. The molecule has 9 heavy (non-hydrogen) atoms. The molecule has 0 N–H and O–H groups in total. The highest BCUT2D eigenvalue weighted by atomic mass is 28.1. The standard InChI is InChI=1S/C7H8OSi/c8-5-6-3-1-2-4-7(6)9/h1-5H,9H3. The van der Waals surface area contributed by atoms with Gasteiger partial charge in [0.05, 0.1) is 0 Å². The van der Waals surface area contributed by atoms with Gasteiger partial charge in [-0.1, -0.05) is 29.5 Å². The van der Waals surface area contributed by atoms with E-state index in [2.05, 4.69) is 0 Å². The van der Waals surface area contributed by atoms with Crippen LogP contribution in [-0.4, -0.2) is 16.5 Å². The molecule has 46 valence electrons. The lowest BCUT2D eigenvalue weighted by atomic mass is 10.2. The van der Waals surface area contributed by atoms with Crippen LogP contribution in [0.15, 0.2) is 24.3 Å². The van der Waals surface area contributed by atoms with Gasteiger partial charge in [0.2, 0.25) is 0 Å². The topological polar surface area (TPSA) is 17.1 Å². The molecule has 0 amide bonds. The summed E-state index contributed by atoms with van der Waals surface area (Å²) in [6.45, 7) is 0. The first-order valence-corrected chi connectivity index (χ1v) is 3.85. The van der Waals surface area contributed by atoms with E-state index >= 15 is 0 Å². The summed E-state index contributed by atoms with van der Waals surface area (Å²) in [5.74, 6) is 0. The Kier molecular flexibility index (Phi) is 1.80. The summed E-state index contributed by atoms with van der Waals surface area (Å²) in [5, 5.41) is 1.17. The molecule has 0 heterocycles. The van der Waals surface area contributed by atoms with Crippen LogP contribution < -0.4 is 5.19 Å². The minimum atomic E-state index is 0.837. The number of carbonyl (C=O) groups excluding carboxylic acids is 1. The molecule has 0 spiro atoms. The van der Waals surface area contributed by atoms with Gasteiger partial charge < -0.3 is 0 Å². The molecule has 0 saturated heterocycles. The molecule has 1 aromatic carbocycles. The number of rotatable bonds is 1. The minimum Gasteiger partial charge on any atom is -0.298 e. The predicted octanol–water partition coefficient (Wildman–Crippen LogP) is -0.510. The normalized spacial score (nSPS) is 9.33. The van der Waals surface area contributed by atoms with Gasteiger partial charge in [-0.15, -0.1) is 0 Å². The van der Waals surface area contributed by atoms with E-state index in [4.69, 9.17) is 0 Å². The van der Waals surface area contributed by atoms with Crippen molar-refractivity contribution in [2.24, 2.45) is 0 Å². The molecule has 0 aliphatic rings. The average Bonchev–Trinajstić information content (AvgIpc) is 1.89. The molecule has 0 aromatic heterocycles. The fraction of sp³-hybridized carbons (Fsp3) is 0. The third-order valence-electron chi connectivity index (χ3n) is 1.32. The maximum atomic E-state index is 10.2. The Morgan fingerprint density at radius 3 is 2.44 bits per heavy atom. The van der Waals surface area contributed by atoms with Crippen LogP contribution in [0.2, 0.25) is 0 Å². The number of hydrogen-bond acceptors (Lipinski definition) is 1. The van der Waals surface area contributed by atoms with Crippen molar-refractivity contribution in [1.29, 1.82) is 0 Å². The molecule has 0 saturated carbocycles. The van der Waals surface area contributed by atoms with Crippen LogP contribution in [-0.2, 0) is 0 Å². The van der Waals surface area contributed by atoms with Gasteiger partial charge >= 0.3 is 0 Å². The van der Waals surface area contributed by atoms with Gasteiger partial charge in [0.1, 0.15) is 6.29 Å². The third kappa shape index (κ3) is 1.26. The molecule has 2 heteroatoms. The Bertz CT molecular complexity index is 220. The van der Waals surface area contributed by atoms with Crippen LogP contribution in [0.3, 0.4) is 0 Å². The fourth-order valence-corrected chi connectivity index (χ4v) is 1.20. The molecular formula is C7H8OSi. The molecular weight excluding hydrogens is 128 g/mol. The molecule has 0 unspecified atom stereocenters. The summed E-state index contributed by atoms with van der Waals surface area (Å²) in [5.41, 5.74) is 0.837. The van der Waals surface area contributed by atoms with Crippen molar-refractivity contribution in [2.75, 3.05) is 0 Å². The van der Waals surface area contributed by atoms with Gasteiger partial charge in [-0.2, -0.15) is 0 Å². The summed E-state index contributed by atoms with van der Waals surface area (Å²) in [6, 6.07) is 7.66. The lowest BCUT2D eigenvalue weighted by molar-refractivity contribution is 0.112. The first-order chi connectivity index (χ1) is 4.34. The van der Waals surface area contributed by atoms with Gasteiger partial charge in [-0.25, -0.2) is 0 Å². The van der Waals surface area contributed by atoms with E-state index in [0.29, 0.717) is 0 Å². The first-order valence-electron chi connectivity index (χ1n) is 2.85. The van der Waals surface area contributed by atoms with E-state index < -0.39 is 0 Å². The number of hydrogen-bond donors (Lipinski definition) is 0. The maximum absolute atomic E-state index is 10.2. The zero-order valence-corrected chi connectivity index (χ0v) is 7.29. The van der Waals surface area contributed by atoms with Crippen LogP contribution in [0.1, 0.15) is 10.4 Å². The number of carbonyl (C=O) groups is 1. The SMILES string of the molecule is O=Cc1ccccc1[SiH3]. The monoisotopic (exact) mass is 136 g/mol. The summed E-state index contributed by atoms with van der Waals surface area (Å²) >= 11 is 0. The van der Waals surface area contributed by atoms with E-state index in [1.165, 1.54) is 5.19 Å². The van der Waals surface area contributed by atoms with Gasteiger partial charge in [-0.05, 0) is 0 Å². The third-order valence-corrected chi connectivity index (χ3v) is 2.23. The summed E-state index contributed by atoms with van der Waals surface area (Å²) in [4.78, 5) is 10.2. The van der Waals surface area contributed by atoms with E-state index in [1.807, 2.05) is 24.3 Å². The van der Waals surface area contributed by atoms with Crippen molar-refractivity contribution in [1.82, 2.24) is 0 Å². The Balaban J connectivity index is 3.15. The van der Waals surface area contributed by atoms with Crippen molar-refractivity contribution >= 4 is 21.7 Å². The predicted molar refractivity (Wildman–Crippen MR) is 41.4 cm³/mol. The molecule has 0 aliphatic heterocycles. The van der Waals surface area contributed by atoms with E-state index in [-0.39, 0.29) is 0 Å². The van der Waals surface area contributed by atoms with E-state index in [0.717, 1.165) is 22.1 Å². The van der Waals surface area contributed by atoms with Gasteiger partial charge in [0.25, 0.3) is 0 Å². The smallest absolute Gasteiger partial charge is 0.149 e. The Morgan fingerprint density at radius 1 is 1.33 bits per heavy atom. The summed E-state index contributed by atoms with van der Waals surface area (Å²) in [7, 11) is 0.954. The molecule has 0 atom stereocenters. The second kappa shape index (κ2) is 2.59. The molecule has 0 aliphatic carbocycles. The highest BCUT2D eigenvalue weighted by Crippen LogP contribution is 1.87. The lowest BCUT2D eigenvalue weighted by Gasteiger charge is -1.92. The van der Waals surface area contributed by atoms with Gasteiger partial charge in [-0.3, -0.25) is 4.79 Å². The van der Waals surface area contributed by atoms with Crippen molar-refractivity contribution in [3.63, 3.8) is 0 Å². The van der Waals surface area contributed by atoms with Gasteiger partial charge in [0, 0.05) is 15.8 Å². The highest BCUT2D eigenvalue weighted by molar-refractivity contribution is 6.35. The molecule has 0 bridgehead atoms. The molecule has 1 rings (SSSR count). The van der Waals surface area contributed by atoms with Crippen molar-refractivity contribution < 1.29 is 4.79 Å². The quantitative estimate of drug-likeness (QED) is 0.375. The van der Waals surface area contributed by atoms with Crippen LogP contribution in [0.5, 0.6) is 0 Å². The van der Waals surface area contributed by atoms with E-state index in [9.17, 15) is 4.79 Å². The zero-order valence-electron chi connectivity index (χ0n) is 5.29. The minimum absolute atomic E-state index is 0.837. The lowest BCUT2D eigenvalue weighted by Crippen LogP contribution is -2.07. The second-order valence-corrected chi connectivity index (χ2v) is 3.05. The van der Waals surface area contributed by atoms with Crippen molar-refractivity contribution in [2.45, 2.75) is 0 Å². The first kappa shape index (κ1) is 6.23. The van der Waals surface area contributed by atoms with E-state index in [1.54, 1.807) is 0 Å². The van der Waals surface area contributed by atoms with Gasteiger partial charge in [0.15, 0.2) is 0 Å². The summed E-state index contributed by atoms with van der Waals surface area (Å²) in [6.07, 6.45) is 0.905. The average molecular weight is 136 g/mol. The second-order valence-electron chi connectivity index (χ2n) is 1.97. The maximum Gasteiger partial charge on any atom is 0.149 e. The van der Waals surface area contributed by atoms with Crippen LogP contribution in [0.25, 0.3) is 0 Å². The van der Waals surface area contributed by atoms with Crippen LogP contribution in [0.4, 0.5) is 0 Å². The molecule has 1 nitrogen and oxygen atoms in total. The number of aldehydes is 1. The van der Waals surface area contributed by atoms with Crippen LogP contribution in [0, 0.1) is 0 Å². The zero-order chi connectivity index (χ0) is 6.69. The number of benzene rings is 1. The Labute approximate surface area is 57.1 Å².